The van der Waals surface area contributed by atoms with E-state index in [0.717, 1.165) is 34.1 Å². The SMILES string of the molecule is O=c1c2[nH]cnc2n(-c2ccc(F)cc2F)c(=O)n1CC1CCCO1. The number of rotatable bonds is 3. The van der Waals surface area contributed by atoms with E-state index in [9.17, 15) is 18.4 Å². The number of ether oxygens (including phenoxy) is 1. The molecule has 1 unspecified atom stereocenters. The van der Waals surface area contributed by atoms with Crippen molar-refractivity contribution in [2.45, 2.75) is 25.5 Å². The molecule has 0 aliphatic carbocycles. The van der Waals surface area contributed by atoms with E-state index in [1.807, 2.05) is 0 Å². The Labute approximate surface area is 139 Å². The highest BCUT2D eigenvalue weighted by molar-refractivity contribution is 5.71. The second kappa shape index (κ2) is 5.92. The second-order valence-corrected chi connectivity index (χ2v) is 5.87. The van der Waals surface area contributed by atoms with Gasteiger partial charge in [0.25, 0.3) is 5.56 Å². The smallest absolute Gasteiger partial charge is 0.337 e. The summed E-state index contributed by atoms with van der Waals surface area (Å²) in [6.07, 6.45) is 2.58. The molecule has 1 aliphatic heterocycles. The number of H-pyrrole nitrogens is 1. The molecule has 1 aromatic carbocycles. The molecule has 1 fully saturated rings. The van der Waals surface area contributed by atoms with E-state index in [4.69, 9.17) is 4.74 Å². The van der Waals surface area contributed by atoms with Crippen LogP contribution in [0.15, 0.2) is 34.1 Å². The van der Waals surface area contributed by atoms with Gasteiger partial charge in [-0.15, -0.1) is 0 Å². The Morgan fingerprint density at radius 2 is 2.16 bits per heavy atom. The quantitative estimate of drug-likeness (QED) is 0.774. The Balaban J connectivity index is 1.98. The van der Waals surface area contributed by atoms with Gasteiger partial charge in [-0.2, -0.15) is 0 Å². The molecule has 3 heterocycles. The van der Waals surface area contributed by atoms with Gasteiger partial charge < -0.3 is 9.72 Å². The van der Waals surface area contributed by atoms with E-state index < -0.39 is 22.9 Å². The van der Waals surface area contributed by atoms with E-state index >= 15 is 0 Å². The third-order valence-corrected chi connectivity index (χ3v) is 4.27. The Hall–Kier alpha value is -2.81. The van der Waals surface area contributed by atoms with Crippen molar-refractivity contribution >= 4 is 11.2 Å². The zero-order valence-corrected chi connectivity index (χ0v) is 13.0. The number of benzene rings is 1. The summed E-state index contributed by atoms with van der Waals surface area (Å²) < 4.78 is 34.9. The molecule has 2 aromatic heterocycles. The fourth-order valence-electron chi connectivity index (χ4n) is 3.08. The minimum atomic E-state index is -0.922. The van der Waals surface area contributed by atoms with Crippen LogP contribution < -0.4 is 11.2 Å². The predicted octanol–water partition coefficient (Wildman–Crippen LogP) is 1.33. The van der Waals surface area contributed by atoms with Gasteiger partial charge in [0.2, 0.25) is 0 Å². The van der Waals surface area contributed by atoms with Gasteiger partial charge in [-0.25, -0.2) is 23.1 Å². The average molecular weight is 348 g/mol. The highest BCUT2D eigenvalue weighted by Gasteiger charge is 2.23. The van der Waals surface area contributed by atoms with Crippen molar-refractivity contribution in [3.8, 4) is 5.69 Å². The number of aromatic amines is 1. The maximum Gasteiger partial charge on any atom is 0.337 e. The molecule has 1 atom stereocenters. The second-order valence-electron chi connectivity index (χ2n) is 5.87. The molecule has 0 radical (unpaired) electrons. The van der Waals surface area contributed by atoms with Gasteiger partial charge >= 0.3 is 5.69 Å². The molecule has 25 heavy (non-hydrogen) atoms. The van der Waals surface area contributed by atoms with E-state index in [-0.39, 0.29) is 29.5 Å². The molecule has 0 spiro atoms. The van der Waals surface area contributed by atoms with Crippen LogP contribution in [0.25, 0.3) is 16.9 Å². The predicted molar refractivity (Wildman–Crippen MR) is 84.8 cm³/mol. The van der Waals surface area contributed by atoms with Gasteiger partial charge in [-0.1, -0.05) is 0 Å². The zero-order chi connectivity index (χ0) is 17.6. The first-order chi connectivity index (χ1) is 12.1. The number of halogens is 2. The van der Waals surface area contributed by atoms with Crippen LogP contribution in [-0.2, 0) is 11.3 Å². The lowest BCUT2D eigenvalue weighted by Crippen LogP contribution is -2.42. The number of aromatic nitrogens is 4. The number of fused-ring (bicyclic) bond motifs is 1. The summed E-state index contributed by atoms with van der Waals surface area (Å²) in [5.41, 5.74) is -1.41. The van der Waals surface area contributed by atoms with Crippen molar-refractivity contribution in [1.29, 1.82) is 0 Å². The minimum Gasteiger partial charge on any atom is -0.376 e. The van der Waals surface area contributed by atoms with E-state index in [2.05, 4.69) is 9.97 Å². The molecule has 9 heteroatoms. The Kier molecular flexibility index (Phi) is 3.72. The summed E-state index contributed by atoms with van der Waals surface area (Å²) in [7, 11) is 0. The van der Waals surface area contributed by atoms with Crippen LogP contribution >= 0.6 is 0 Å². The Bertz CT molecular complexity index is 1060. The van der Waals surface area contributed by atoms with Gasteiger partial charge in [0.15, 0.2) is 5.65 Å². The zero-order valence-electron chi connectivity index (χ0n) is 13.0. The van der Waals surface area contributed by atoms with Crippen LogP contribution in [0.1, 0.15) is 12.8 Å². The number of hydrogen-bond donors (Lipinski definition) is 1. The van der Waals surface area contributed by atoms with E-state index in [1.54, 1.807) is 0 Å². The van der Waals surface area contributed by atoms with Crippen LogP contribution in [0, 0.1) is 11.6 Å². The van der Waals surface area contributed by atoms with Crippen molar-refractivity contribution < 1.29 is 13.5 Å². The lowest BCUT2D eigenvalue weighted by molar-refractivity contribution is 0.0950. The van der Waals surface area contributed by atoms with Gasteiger partial charge in [-0.05, 0) is 25.0 Å². The molecule has 1 N–H and O–H groups in total. The molecule has 0 saturated carbocycles. The topological polar surface area (TPSA) is 81.9 Å². The molecular formula is C16H14F2N4O3. The maximum atomic E-state index is 14.2. The number of imidazole rings is 1. The molecular weight excluding hydrogens is 334 g/mol. The Morgan fingerprint density at radius 1 is 1.32 bits per heavy atom. The van der Waals surface area contributed by atoms with Crippen LogP contribution in [0.2, 0.25) is 0 Å². The minimum absolute atomic E-state index is 0.0101. The first kappa shape index (κ1) is 15.7. The van der Waals surface area contributed by atoms with Crippen molar-refractivity contribution in [3.05, 3.63) is 57.0 Å². The summed E-state index contributed by atoms with van der Waals surface area (Å²) in [5.74, 6) is -1.69. The van der Waals surface area contributed by atoms with Crippen molar-refractivity contribution in [3.63, 3.8) is 0 Å². The van der Waals surface area contributed by atoms with Crippen molar-refractivity contribution in [1.82, 2.24) is 19.1 Å². The third kappa shape index (κ3) is 2.56. The summed E-state index contributed by atoms with van der Waals surface area (Å²) in [6.45, 7) is 0.641. The molecule has 0 amide bonds. The van der Waals surface area contributed by atoms with Crippen LogP contribution in [0.5, 0.6) is 0 Å². The fraction of sp³-hybridized carbons (Fsp3) is 0.312. The van der Waals surface area contributed by atoms with Crippen molar-refractivity contribution in [2.24, 2.45) is 0 Å². The summed E-state index contributed by atoms with van der Waals surface area (Å²) in [5, 5.41) is 0. The number of hydrogen-bond acceptors (Lipinski definition) is 4. The molecule has 7 nitrogen and oxygen atoms in total. The molecule has 1 aliphatic rings. The molecule has 0 bridgehead atoms. The fourth-order valence-corrected chi connectivity index (χ4v) is 3.08. The first-order valence-electron chi connectivity index (χ1n) is 7.82. The summed E-state index contributed by atoms with van der Waals surface area (Å²) in [4.78, 5) is 32.1. The standard InChI is InChI=1S/C16H14F2N4O3/c17-9-3-4-12(11(18)6-9)22-14-13(19-8-20-14)15(23)21(16(22)24)7-10-2-1-5-25-10/h3-4,6,8,10H,1-2,5,7H2,(H,19,20). The van der Waals surface area contributed by atoms with Gasteiger partial charge in [0, 0.05) is 12.7 Å². The number of nitrogens with zero attached hydrogens (tertiary/aromatic N) is 3. The molecule has 4 rings (SSSR count). The number of nitrogens with one attached hydrogen (secondary N) is 1. The maximum absolute atomic E-state index is 14.2. The first-order valence-corrected chi connectivity index (χ1v) is 7.82. The van der Waals surface area contributed by atoms with E-state index in [0.29, 0.717) is 12.7 Å². The average Bonchev–Trinajstić information content (AvgIpc) is 3.25. The van der Waals surface area contributed by atoms with Gasteiger partial charge in [0.1, 0.15) is 17.2 Å². The molecule has 1 saturated heterocycles. The van der Waals surface area contributed by atoms with Crippen LogP contribution in [-0.4, -0.2) is 31.8 Å². The molecule has 130 valence electrons. The third-order valence-electron chi connectivity index (χ3n) is 4.27. The highest BCUT2D eigenvalue weighted by atomic mass is 19.1. The molecule has 3 aromatic rings. The summed E-state index contributed by atoms with van der Waals surface area (Å²) in [6, 6.07) is 2.86. The monoisotopic (exact) mass is 348 g/mol. The Morgan fingerprint density at radius 3 is 2.88 bits per heavy atom. The lowest BCUT2D eigenvalue weighted by Gasteiger charge is -2.14. The lowest BCUT2D eigenvalue weighted by atomic mass is 10.2. The highest BCUT2D eigenvalue weighted by Crippen LogP contribution is 2.17. The largest absolute Gasteiger partial charge is 0.376 e. The van der Waals surface area contributed by atoms with E-state index in [1.165, 1.54) is 6.33 Å². The normalized spacial score (nSPS) is 17.4. The van der Waals surface area contributed by atoms with Crippen molar-refractivity contribution in [2.75, 3.05) is 6.61 Å². The van der Waals surface area contributed by atoms with Crippen LogP contribution in [0.4, 0.5) is 8.78 Å². The summed E-state index contributed by atoms with van der Waals surface area (Å²) >= 11 is 0. The van der Waals surface area contributed by atoms with Gasteiger partial charge in [0.05, 0.1) is 24.7 Å². The van der Waals surface area contributed by atoms with Gasteiger partial charge in [-0.3, -0.25) is 9.36 Å². The van der Waals surface area contributed by atoms with Crippen LogP contribution in [0.3, 0.4) is 0 Å².